The van der Waals surface area contributed by atoms with Gasteiger partial charge in [0.25, 0.3) is 5.56 Å². The molecule has 0 radical (unpaired) electrons. The fraction of sp³-hybridized carbons (Fsp3) is 0.389. The van der Waals surface area contributed by atoms with Crippen molar-refractivity contribution in [1.29, 1.82) is 0 Å². The van der Waals surface area contributed by atoms with Crippen LogP contribution in [0.5, 0.6) is 5.88 Å². The lowest BCUT2D eigenvalue weighted by Gasteiger charge is -2.23. The van der Waals surface area contributed by atoms with Crippen LogP contribution in [0.2, 0.25) is 0 Å². The molecule has 1 unspecified atom stereocenters. The van der Waals surface area contributed by atoms with Crippen molar-refractivity contribution >= 4 is 16.6 Å². The maximum absolute atomic E-state index is 12.6. The number of benzene rings is 1. The van der Waals surface area contributed by atoms with Crippen LogP contribution >= 0.6 is 0 Å². The summed E-state index contributed by atoms with van der Waals surface area (Å²) in [5.41, 5.74) is 1.01. The molecule has 6 nitrogen and oxygen atoms in total. The number of para-hydroxylation sites is 1. The molecule has 6 heteroatoms. The molecule has 0 saturated carbocycles. The molecule has 0 aliphatic rings. The van der Waals surface area contributed by atoms with Gasteiger partial charge in [-0.15, -0.1) is 5.10 Å². The zero-order chi connectivity index (χ0) is 17.1. The van der Waals surface area contributed by atoms with Gasteiger partial charge in [-0.1, -0.05) is 26.0 Å². The Hall–Kier alpha value is -2.47. The van der Waals surface area contributed by atoms with E-state index in [0.29, 0.717) is 22.4 Å². The molecule has 2 heterocycles. The van der Waals surface area contributed by atoms with E-state index in [4.69, 9.17) is 4.74 Å². The number of rotatable bonds is 6. The van der Waals surface area contributed by atoms with Gasteiger partial charge in [-0.25, -0.2) is 4.98 Å². The number of fused-ring (bicyclic) bond motifs is 2. The van der Waals surface area contributed by atoms with E-state index >= 15 is 0 Å². The molecule has 0 amide bonds. The van der Waals surface area contributed by atoms with Gasteiger partial charge in [0, 0.05) is 12.6 Å². The van der Waals surface area contributed by atoms with Crippen LogP contribution in [-0.2, 0) is 0 Å². The molecule has 0 aliphatic heterocycles. The first kappa shape index (κ1) is 16.4. The fourth-order valence-electron chi connectivity index (χ4n) is 2.77. The molecular formula is C18H22N4O2. The lowest BCUT2D eigenvalue weighted by atomic mass is 10.2. The molecular weight excluding hydrogens is 304 g/mol. The van der Waals surface area contributed by atoms with E-state index in [1.807, 2.05) is 25.1 Å². The summed E-state index contributed by atoms with van der Waals surface area (Å²) in [4.78, 5) is 19.3. The summed E-state index contributed by atoms with van der Waals surface area (Å²) in [6.07, 6.45) is -0.0148. The Kier molecular flexibility index (Phi) is 4.76. The summed E-state index contributed by atoms with van der Waals surface area (Å²) in [7, 11) is 0. The monoisotopic (exact) mass is 326 g/mol. The lowest BCUT2D eigenvalue weighted by Crippen LogP contribution is -2.34. The van der Waals surface area contributed by atoms with E-state index < -0.39 is 0 Å². The van der Waals surface area contributed by atoms with Crippen LogP contribution in [0.4, 0.5) is 0 Å². The third-order valence-electron chi connectivity index (χ3n) is 4.08. The van der Waals surface area contributed by atoms with Gasteiger partial charge in [0.05, 0.1) is 10.9 Å². The summed E-state index contributed by atoms with van der Waals surface area (Å²) in [5, 5.41) is 4.88. The number of aromatic nitrogens is 3. The zero-order valence-electron chi connectivity index (χ0n) is 14.3. The van der Waals surface area contributed by atoms with Gasteiger partial charge in [0.2, 0.25) is 5.88 Å². The average Bonchev–Trinajstić information content (AvgIpc) is 2.60. The van der Waals surface area contributed by atoms with E-state index in [9.17, 15) is 4.79 Å². The summed E-state index contributed by atoms with van der Waals surface area (Å²) >= 11 is 0. The average molecular weight is 326 g/mol. The maximum Gasteiger partial charge on any atom is 0.282 e. The van der Waals surface area contributed by atoms with Crippen molar-refractivity contribution < 1.29 is 4.74 Å². The molecule has 0 bridgehead atoms. The molecule has 0 spiro atoms. The maximum atomic E-state index is 12.6. The Morgan fingerprint density at radius 2 is 1.92 bits per heavy atom. The summed E-state index contributed by atoms with van der Waals surface area (Å²) in [5.74, 6) is 0.432. The predicted molar refractivity (Wildman–Crippen MR) is 94.6 cm³/mol. The molecule has 0 fully saturated rings. The van der Waals surface area contributed by atoms with Gasteiger partial charge in [0.1, 0.15) is 6.10 Å². The number of ether oxygens (including phenoxy) is 1. The molecule has 1 aromatic carbocycles. The Labute approximate surface area is 140 Å². The molecule has 0 N–H and O–H groups in total. The van der Waals surface area contributed by atoms with Gasteiger partial charge in [-0.3, -0.25) is 4.79 Å². The second-order valence-electron chi connectivity index (χ2n) is 5.79. The largest absolute Gasteiger partial charge is 0.472 e. The van der Waals surface area contributed by atoms with E-state index in [1.165, 1.54) is 4.52 Å². The first-order valence-electron chi connectivity index (χ1n) is 8.30. The standard InChI is InChI=1S/C18H22N4O2/c1-4-21(5-2)12-13(3)24-17-11-10-16-19-15-9-7-6-8-14(15)18(23)22(16)20-17/h6-11,13H,4-5,12H2,1-3H3. The van der Waals surface area contributed by atoms with Crippen molar-refractivity contribution in [3.8, 4) is 5.88 Å². The topological polar surface area (TPSA) is 59.7 Å². The number of hydrogen-bond acceptors (Lipinski definition) is 5. The fourth-order valence-corrected chi connectivity index (χ4v) is 2.77. The molecule has 3 rings (SSSR count). The summed E-state index contributed by atoms with van der Waals surface area (Å²) in [6.45, 7) is 9.03. The summed E-state index contributed by atoms with van der Waals surface area (Å²) < 4.78 is 7.19. The van der Waals surface area contributed by atoms with Crippen LogP contribution in [0, 0.1) is 0 Å². The lowest BCUT2D eigenvalue weighted by molar-refractivity contribution is 0.146. The minimum Gasteiger partial charge on any atom is -0.472 e. The van der Waals surface area contributed by atoms with Gasteiger partial charge in [0.15, 0.2) is 5.65 Å². The number of likely N-dealkylation sites (N-methyl/N-ethyl adjacent to an activating group) is 1. The van der Waals surface area contributed by atoms with Crippen LogP contribution in [0.3, 0.4) is 0 Å². The van der Waals surface area contributed by atoms with Crippen LogP contribution in [0.25, 0.3) is 16.6 Å². The Balaban J connectivity index is 1.92. The molecule has 126 valence electrons. The highest BCUT2D eigenvalue weighted by Gasteiger charge is 2.11. The smallest absolute Gasteiger partial charge is 0.282 e. The van der Waals surface area contributed by atoms with Gasteiger partial charge < -0.3 is 9.64 Å². The quantitative estimate of drug-likeness (QED) is 0.651. The first-order valence-corrected chi connectivity index (χ1v) is 8.30. The highest BCUT2D eigenvalue weighted by molar-refractivity contribution is 5.79. The van der Waals surface area contributed by atoms with Crippen molar-refractivity contribution in [3.05, 3.63) is 46.8 Å². The second kappa shape index (κ2) is 6.97. The van der Waals surface area contributed by atoms with E-state index in [1.54, 1.807) is 18.2 Å². The third-order valence-corrected chi connectivity index (χ3v) is 4.08. The van der Waals surface area contributed by atoms with Crippen molar-refractivity contribution in [2.75, 3.05) is 19.6 Å². The van der Waals surface area contributed by atoms with E-state index in [-0.39, 0.29) is 11.7 Å². The van der Waals surface area contributed by atoms with Gasteiger partial charge >= 0.3 is 0 Å². The highest BCUT2D eigenvalue weighted by atomic mass is 16.5. The highest BCUT2D eigenvalue weighted by Crippen LogP contribution is 2.12. The second-order valence-corrected chi connectivity index (χ2v) is 5.79. The molecule has 2 aromatic heterocycles. The van der Waals surface area contributed by atoms with Crippen molar-refractivity contribution in [3.63, 3.8) is 0 Å². The van der Waals surface area contributed by atoms with E-state index in [2.05, 4.69) is 28.8 Å². The number of hydrogen-bond donors (Lipinski definition) is 0. The number of nitrogens with zero attached hydrogens (tertiary/aromatic N) is 4. The van der Waals surface area contributed by atoms with Gasteiger partial charge in [-0.2, -0.15) is 4.52 Å². The molecule has 24 heavy (non-hydrogen) atoms. The molecule has 3 aromatic rings. The first-order chi connectivity index (χ1) is 11.6. The third kappa shape index (κ3) is 3.23. The zero-order valence-corrected chi connectivity index (χ0v) is 14.3. The SMILES string of the molecule is CCN(CC)CC(C)Oc1ccc2nc3ccccc3c(=O)n2n1. The summed E-state index contributed by atoms with van der Waals surface area (Å²) in [6, 6.07) is 10.8. The van der Waals surface area contributed by atoms with E-state index in [0.717, 1.165) is 19.6 Å². The van der Waals surface area contributed by atoms with Crippen molar-refractivity contribution in [1.82, 2.24) is 19.5 Å². The minimum atomic E-state index is -0.183. The van der Waals surface area contributed by atoms with Crippen molar-refractivity contribution in [2.45, 2.75) is 26.9 Å². The van der Waals surface area contributed by atoms with Crippen molar-refractivity contribution in [2.24, 2.45) is 0 Å². The van der Waals surface area contributed by atoms with Crippen LogP contribution in [0.1, 0.15) is 20.8 Å². The molecule has 0 aliphatic carbocycles. The Morgan fingerprint density at radius 1 is 1.17 bits per heavy atom. The minimum absolute atomic E-state index is 0.0148. The van der Waals surface area contributed by atoms with Crippen LogP contribution in [0.15, 0.2) is 41.2 Å². The predicted octanol–water partition coefficient (Wildman–Crippen LogP) is 2.35. The van der Waals surface area contributed by atoms with Gasteiger partial charge in [-0.05, 0) is 38.2 Å². The molecule has 1 atom stereocenters. The molecule has 0 saturated heterocycles. The normalized spacial score (nSPS) is 12.8. The Morgan fingerprint density at radius 3 is 2.67 bits per heavy atom. The van der Waals surface area contributed by atoms with Crippen LogP contribution in [-0.4, -0.2) is 45.2 Å². The van der Waals surface area contributed by atoms with Crippen LogP contribution < -0.4 is 10.3 Å². The Bertz CT molecular complexity index is 902.